The molecule has 7 rings (SSSR count). The normalized spacial score (nSPS) is 24.4. The lowest BCUT2D eigenvalue weighted by molar-refractivity contribution is -0.124. The quantitative estimate of drug-likeness (QED) is 0.198. The van der Waals surface area contributed by atoms with E-state index in [0.29, 0.717) is 45.4 Å². The molecule has 3 aliphatic heterocycles. The molecule has 2 aromatic carbocycles. The molecule has 15 nitrogen and oxygen atoms in total. The molecule has 0 unspecified atom stereocenters. The minimum Gasteiger partial charge on any atom is -0.378 e. The molecule has 0 spiro atoms. The van der Waals surface area contributed by atoms with Crippen molar-refractivity contribution in [3.63, 3.8) is 0 Å². The number of anilines is 3. The molecule has 17 heteroatoms. The number of nitrogens with one attached hydrogen (secondary N) is 2. The van der Waals surface area contributed by atoms with Crippen LogP contribution in [-0.2, 0) is 26.2 Å². The van der Waals surface area contributed by atoms with Crippen molar-refractivity contribution in [2.45, 2.75) is 96.0 Å². The lowest BCUT2D eigenvalue weighted by Gasteiger charge is -2.44. The Morgan fingerprint density at radius 2 is 1.83 bits per heavy atom. The summed E-state index contributed by atoms with van der Waals surface area (Å²) < 4.78 is 8.03. The third-order valence-corrected chi connectivity index (χ3v) is 12.7. The molecule has 1 saturated carbocycles. The molecular formula is C41H51ClN10O5S. The molecule has 0 radical (unpaired) electrons. The van der Waals surface area contributed by atoms with Crippen LogP contribution in [-0.4, -0.2) is 122 Å². The second kappa shape index (κ2) is 16.9. The molecule has 3 aromatic rings. The first-order chi connectivity index (χ1) is 27.7. The van der Waals surface area contributed by atoms with Gasteiger partial charge in [0.1, 0.15) is 11.6 Å². The van der Waals surface area contributed by atoms with Crippen molar-refractivity contribution in [3.05, 3.63) is 47.0 Å². The number of nitrogens with zero attached hydrogens (tertiary/aromatic N) is 8. The van der Waals surface area contributed by atoms with Gasteiger partial charge in [-0.05, 0) is 102 Å². The number of amides is 5. The Balaban J connectivity index is 0.853. The molecule has 4 heterocycles. The fourth-order valence-corrected chi connectivity index (χ4v) is 9.88. The lowest BCUT2D eigenvalue weighted by Crippen LogP contribution is -2.58. The molecule has 3 saturated heterocycles. The number of carbonyl (C=O) groups excluding carboxylic acids is 4. The molecule has 308 valence electrons. The van der Waals surface area contributed by atoms with Gasteiger partial charge < -0.3 is 19.9 Å². The van der Waals surface area contributed by atoms with Crippen LogP contribution < -0.4 is 20.4 Å². The number of aromatic nitrogens is 2. The fraction of sp³-hybridized carbons (Fsp3) is 0.537. The summed E-state index contributed by atoms with van der Waals surface area (Å²) in [4.78, 5) is 61.1. The number of ether oxygens (including phenoxy) is 1. The first kappa shape index (κ1) is 41.5. The van der Waals surface area contributed by atoms with Gasteiger partial charge in [0.05, 0.1) is 40.1 Å². The van der Waals surface area contributed by atoms with Crippen molar-refractivity contribution in [1.29, 1.82) is 5.26 Å². The van der Waals surface area contributed by atoms with Crippen molar-refractivity contribution in [1.82, 2.24) is 29.8 Å². The predicted octanol–water partition coefficient (Wildman–Crippen LogP) is 5.01. The number of aryl methyl sites for hydroxylation is 1. The van der Waals surface area contributed by atoms with E-state index in [2.05, 4.69) is 50.3 Å². The van der Waals surface area contributed by atoms with E-state index in [0.717, 1.165) is 51.7 Å². The van der Waals surface area contributed by atoms with Crippen molar-refractivity contribution in [2.24, 2.45) is 7.05 Å². The van der Waals surface area contributed by atoms with E-state index in [9.17, 15) is 24.4 Å². The Morgan fingerprint density at radius 3 is 2.50 bits per heavy atom. The van der Waals surface area contributed by atoms with Crippen LogP contribution in [0.4, 0.5) is 22.0 Å². The highest BCUT2D eigenvalue weighted by Crippen LogP contribution is 2.39. The number of nitriles is 1. The van der Waals surface area contributed by atoms with Gasteiger partial charge in [-0.3, -0.25) is 39.1 Å². The third-order valence-electron chi connectivity index (χ3n) is 12.0. The van der Waals surface area contributed by atoms with Crippen LogP contribution in [0.1, 0.15) is 71.8 Å². The number of hydrogen-bond donors (Lipinski definition) is 2. The smallest absolute Gasteiger partial charge is 0.329 e. The highest BCUT2D eigenvalue weighted by molar-refractivity contribution is 7.80. The van der Waals surface area contributed by atoms with Crippen molar-refractivity contribution >= 4 is 80.8 Å². The number of thiocarbonyl (C=S) groups is 1. The summed E-state index contributed by atoms with van der Waals surface area (Å²) in [6, 6.07) is 12.5. The predicted molar refractivity (Wildman–Crippen MR) is 226 cm³/mol. The minimum atomic E-state index is -0.809. The monoisotopic (exact) mass is 830 g/mol. The zero-order valence-electron chi connectivity index (χ0n) is 33.7. The summed E-state index contributed by atoms with van der Waals surface area (Å²) in [5, 5.41) is 20.8. The number of benzene rings is 2. The average molecular weight is 831 g/mol. The summed E-state index contributed by atoms with van der Waals surface area (Å²) in [6.45, 7) is 11.9. The molecule has 1 aliphatic carbocycles. The average Bonchev–Trinajstić information content (AvgIpc) is 3.60. The fourth-order valence-electron chi connectivity index (χ4n) is 9.09. The second-order valence-electron chi connectivity index (χ2n) is 16.4. The van der Waals surface area contributed by atoms with Gasteiger partial charge in [-0.1, -0.05) is 17.7 Å². The second-order valence-corrected chi connectivity index (χ2v) is 17.1. The standard InChI is InChI=1S/C41H51ClN10O5S/c1-25-22-48(23-26(2)50(25)24-35(54)44-33-9-6-8-31-36(33)47(5)46-37(31)49-18-16-34(53)45-39(49)56)17-7-19-57-30-14-12-28(13-15-30)52-40(58)51(38(55)41(52,3)4)29-11-10-27(21-43)32(42)20-29/h6,8-11,20,25-26,28,30H,7,12-19,22-24H2,1-5H3,(H,44,54)(H,45,53,56)/t25-,26+,28-,30-. The van der Waals surface area contributed by atoms with Crippen LogP contribution in [0.15, 0.2) is 36.4 Å². The van der Waals surface area contributed by atoms with Gasteiger partial charge in [-0.2, -0.15) is 10.4 Å². The van der Waals surface area contributed by atoms with Crippen molar-refractivity contribution < 1.29 is 23.9 Å². The van der Waals surface area contributed by atoms with Gasteiger partial charge in [0.2, 0.25) is 11.8 Å². The molecular weight excluding hydrogens is 780 g/mol. The topological polar surface area (TPSA) is 159 Å². The molecule has 2 N–H and O–H groups in total. The summed E-state index contributed by atoms with van der Waals surface area (Å²) in [7, 11) is 1.77. The highest BCUT2D eigenvalue weighted by atomic mass is 35.5. The number of imide groups is 1. The van der Waals surface area contributed by atoms with Crippen LogP contribution >= 0.6 is 23.8 Å². The van der Waals surface area contributed by atoms with E-state index in [1.54, 1.807) is 34.8 Å². The SMILES string of the molecule is C[C@@H]1CN(CCCO[C@H]2CC[C@H](N3C(=S)N(c4ccc(C#N)c(Cl)c4)C(=O)C3(C)C)CC2)C[C@H](C)N1CC(=O)Nc1cccc2c(N3CCC(=O)NC3=O)nn(C)c12. The Labute approximate surface area is 349 Å². The summed E-state index contributed by atoms with van der Waals surface area (Å²) in [5.74, 6) is -0.0937. The molecule has 0 bridgehead atoms. The van der Waals surface area contributed by atoms with Crippen LogP contribution in [0.2, 0.25) is 5.02 Å². The maximum absolute atomic E-state index is 13.6. The zero-order valence-corrected chi connectivity index (χ0v) is 35.2. The number of halogens is 1. The Hall–Kier alpha value is -4.66. The van der Waals surface area contributed by atoms with Gasteiger partial charge in [-0.15, -0.1) is 0 Å². The minimum absolute atomic E-state index is 0.106. The van der Waals surface area contributed by atoms with Gasteiger partial charge in [-0.25, -0.2) is 4.79 Å². The van der Waals surface area contributed by atoms with Crippen LogP contribution in [0.5, 0.6) is 0 Å². The van der Waals surface area contributed by atoms with Crippen molar-refractivity contribution in [3.8, 4) is 6.07 Å². The number of para-hydroxylation sites is 1. The van der Waals surface area contributed by atoms with Crippen LogP contribution in [0.25, 0.3) is 10.9 Å². The van der Waals surface area contributed by atoms with Gasteiger partial charge in [0.15, 0.2) is 10.9 Å². The Morgan fingerprint density at radius 1 is 1.10 bits per heavy atom. The van der Waals surface area contributed by atoms with Gasteiger partial charge in [0.25, 0.3) is 5.91 Å². The summed E-state index contributed by atoms with van der Waals surface area (Å²) >= 11 is 12.2. The van der Waals surface area contributed by atoms with E-state index >= 15 is 0 Å². The maximum Gasteiger partial charge on any atom is 0.329 e. The number of urea groups is 1. The summed E-state index contributed by atoms with van der Waals surface area (Å²) in [5.41, 5.74) is 1.42. The lowest BCUT2D eigenvalue weighted by atomic mass is 9.89. The summed E-state index contributed by atoms with van der Waals surface area (Å²) in [6.07, 6.45) is 4.77. The number of carbonyl (C=O) groups is 4. The number of fused-ring (bicyclic) bond motifs is 1. The molecule has 4 aliphatic rings. The van der Waals surface area contributed by atoms with Gasteiger partial charge >= 0.3 is 6.03 Å². The van der Waals surface area contributed by atoms with Crippen LogP contribution in [0.3, 0.4) is 0 Å². The van der Waals surface area contributed by atoms with E-state index in [1.165, 1.54) is 4.90 Å². The molecule has 4 fully saturated rings. The molecule has 58 heavy (non-hydrogen) atoms. The third kappa shape index (κ3) is 8.15. The Kier molecular flexibility index (Phi) is 12.1. The first-order valence-electron chi connectivity index (χ1n) is 20.0. The number of rotatable bonds is 11. The van der Waals surface area contributed by atoms with E-state index in [1.807, 2.05) is 32.0 Å². The van der Waals surface area contributed by atoms with E-state index < -0.39 is 11.6 Å². The maximum atomic E-state index is 13.6. The molecule has 5 amide bonds. The van der Waals surface area contributed by atoms with Crippen LogP contribution in [0, 0.1) is 11.3 Å². The highest BCUT2D eigenvalue weighted by Gasteiger charge is 2.52. The zero-order chi connectivity index (χ0) is 41.5. The molecule has 1 aromatic heterocycles. The van der Waals surface area contributed by atoms with E-state index in [-0.39, 0.29) is 66.5 Å². The van der Waals surface area contributed by atoms with Gasteiger partial charge in [0, 0.05) is 69.8 Å². The van der Waals surface area contributed by atoms with E-state index in [4.69, 9.17) is 28.6 Å². The Bertz CT molecular complexity index is 2150. The molecule has 2 atom stereocenters. The largest absolute Gasteiger partial charge is 0.378 e. The first-order valence-corrected chi connectivity index (χ1v) is 20.8. The van der Waals surface area contributed by atoms with Crippen molar-refractivity contribution in [2.75, 3.05) is 54.4 Å². The number of piperazine rings is 1. The number of hydrogen-bond acceptors (Lipinski definition) is 10.